The largest absolute Gasteiger partial charge is 0.435 e. The number of carbonyl (C=O) groups is 2. The molecule has 0 aromatic rings. The van der Waals surface area contributed by atoms with Crippen molar-refractivity contribution in [2.75, 3.05) is 0 Å². The number of nitrogens with zero attached hydrogens (tertiary/aromatic N) is 1. The molecular weight excluding hydrogens is 266 g/mol. The molecule has 0 spiro atoms. The van der Waals surface area contributed by atoms with Crippen molar-refractivity contribution in [2.45, 2.75) is 66.2 Å². The summed E-state index contributed by atoms with van der Waals surface area (Å²) in [6.45, 7) is 12.3. The number of ketones is 1. The molecule has 0 N–H and O–H groups in total. The Morgan fingerprint density at radius 1 is 1.16 bits per heavy atom. The van der Waals surface area contributed by atoms with Gasteiger partial charge in [0.2, 0.25) is 5.78 Å². The van der Waals surface area contributed by atoms with E-state index >= 15 is 0 Å². The lowest BCUT2D eigenvalue weighted by Crippen LogP contribution is -2.47. The fourth-order valence-electron chi connectivity index (χ4n) is 1.75. The van der Waals surface area contributed by atoms with Gasteiger partial charge < -0.3 is 9.64 Å². The molecule has 0 heterocycles. The first-order chi connectivity index (χ1) is 8.54. The van der Waals surface area contributed by atoms with Crippen LogP contribution in [0.25, 0.3) is 0 Å². The van der Waals surface area contributed by atoms with E-state index in [1.54, 1.807) is 11.8 Å². The zero-order chi connectivity index (χ0) is 15.4. The molecule has 0 aliphatic rings. The van der Waals surface area contributed by atoms with Gasteiger partial charge in [0.15, 0.2) is 5.60 Å². The molecule has 0 saturated carbocycles. The average Bonchev–Trinajstić information content (AvgIpc) is 2.24. The van der Waals surface area contributed by atoms with E-state index in [4.69, 9.17) is 16.3 Å². The van der Waals surface area contributed by atoms with Crippen molar-refractivity contribution in [2.24, 2.45) is 0 Å². The lowest BCUT2D eigenvalue weighted by molar-refractivity contribution is -0.131. The number of halogens is 1. The number of hydrogen-bond acceptors (Lipinski definition) is 3. The quantitative estimate of drug-likeness (QED) is 0.725. The number of Topliss-reactive ketones (excluding diaryl/α,β-unsaturated/α-hetero) is 1. The monoisotopic (exact) mass is 289 g/mol. The van der Waals surface area contributed by atoms with Crippen molar-refractivity contribution < 1.29 is 14.3 Å². The van der Waals surface area contributed by atoms with Crippen molar-refractivity contribution in [1.82, 2.24) is 4.90 Å². The Morgan fingerprint density at radius 3 is 1.89 bits per heavy atom. The van der Waals surface area contributed by atoms with Crippen molar-refractivity contribution in [3.8, 4) is 0 Å². The fraction of sp³-hybridized carbons (Fsp3) is 0.714. The van der Waals surface area contributed by atoms with E-state index in [2.05, 4.69) is 0 Å². The van der Waals surface area contributed by atoms with E-state index < -0.39 is 17.5 Å². The third-order valence-electron chi connectivity index (χ3n) is 2.68. The number of amides is 1. The number of carbonyl (C=O) groups excluding carboxylic acids is 2. The Morgan fingerprint density at radius 2 is 1.58 bits per heavy atom. The van der Waals surface area contributed by atoms with Crippen LogP contribution in [0.1, 0.15) is 48.5 Å². The highest BCUT2D eigenvalue weighted by atomic mass is 35.5. The van der Waals surface area contributed by atoms with Gasteiger partial charge in [-0.2, -0.15) is 0 Å². The summed E-state index contributed by atoms with van der Waals surface area (Å²) in [6.07, 6.45) is 0.978. The molecule has 0 aliphatic carbocycles. The van der Waals surface area contributed by atoms with Crippen LogP contribution in [0.3, 0.4) is 0 Å². The molecule has 0 aromatic carbocycles. The number of hydrogen-bond donors (Lipinski definition) is 0. The van der Waals surface area contributed by atoms with Crippen LogP contribution < -0.4 is 0 Å². The Labute approximate surface area is 120 Å². The molecule has 0 bridgehead atoms. The maximum Gasteiger partial charge on any atom is 0.411 e. The molecule has 1 amide bonds. The fourth-order valence-corrected chi connectivity index (χ4v) is 1.98. The second kappa shape index (κ2) is 6.94. The summed E-state index contributed by atoms with van der Waals surface area (Å²) >= 11 is 5.80. The number of allylic oxidation sites excluding steroid dienone is 1. The summed E-state index contributed by atoms with van der Waals surface area (Å²) in [5.41, 5.74) is -1.28. The molecule has 4 nitrogen and oxygen atoms in total. The SMILES string of the molecule is C/C=C(/Cl)C(=O)C(C)(C)OC(=O)N(C(C)C)C(C)C. The van der Waals surface area contributed by atoms with Gasteiger partial charge in [-0.15, -0.1) is 0 Å². The van der Waals surface area contributed by atoms with Gasteiger partial charge in [0.1, 0.15) is 0 Å². The zero-order valence-electron chi connectivity index (χ0n) is 12.8. The van der Waals surface area contributed by atoms with Gasteiger partial charge in [0.25, 0.3) is 0 Å². The lowest BCUT2D eigenvalue weighted by Gasteiger charge is -2.33. The summed E-state index contributed by atoms with van der Waals surface area (Å²) in [5, 5.41) is 0.0680. The Hall–Kier alpha value is -1.03. The summed E-state index contributed by atoms with van der Waals surface area (Å²) in [6, 6.07) is -0.00816. The number of ether oxygens (including phenoxy) is 1. The van der Waals surface area contributed by atoms with Crippen LogP contribution in [-0.2, 0) is 9.53 Å². The molecule has 0 aromatic heterocycles. The molecule has 0 radical (unpaired) electrons. The van der Waals surface area contributed by atoms with Crippen molar-refractivity contribution in [1.29, 1.82) is 0 Å². The molecule has 19 heavy (non-hydrogen) atoms. The maximum absolute atomic E-state index is 12.1. The maximum atomic E-state index is 12.1. The van der Waals surface area contributed by atoms with Crippen molar-refractivity contribution >= 4 is 23.5 Å². The van der Waals surface area contributed by atoms with Gasteiger partial charge in [-0.3, -0.25) is 4.79 Å². The minimum atomic E-state index is -1.28. The summed E-state index contributed by atoms with van der Waals surface area (Å²) in [7, 11) is 0. The summed E-state index contributed by atoms with van der Waals surface area (Å²) < 4.78 is 5.32. The Kier molecular flexibility index (Phi) is 6.57. The van der Waals surface area contributed by atoms with Crippen LogP contribution in [0.2, 0.25) is 0 Å². The van der Waals surface area contributed by atoms with Crippen molar-refractivity contribution in [3.63, 3.8) is 0 Å². The van der Waals surface area contributed by atoms with Crippen LogP contribution in [0.5, 0.6) is 0 Å². The van der Waals surface area contributed by atoms with E-state index in [0.29, 0.717) is 0 Å². The van der Waals surface area contributed by atoms with Gasteiger partial charge in [-0.25, -0.2) is 4.79 Å². The van der Waals surface area contributed by atoms with E-state index in [0.717, 1.165) is 0 Å². The minimum Gasteiger partial charge on any atom is -0.435 e. The van der Waals surface area contributed by atoms with Crippen LogP contribution in [-0.4, -0.2) is 34.5 Å². The first kappa shape index (κ1) is 18.0. The van der Waals surface area contributed by atoms with Crippen molar-refractivity contribution in [3.05, 3.63) is 11.1 Å². The Bertz CT molecular complexity index is 365. The predicted octanol–water partition coefficient (Wildman–Crippen LogP) is 3.73. The van der Waals surface area contributed by atoms with E-state index in [9.17, 15) is 9.59 Å². The molecule has 0 unspecified atom stereocenters. The van der Waals surface area contributed by atoms with Gasteiger partial charge in [0.05, 0.1) is 5.03 Å². The van der Waals surface area contributed by atoms with Crippen LogP contribution in [0, 0.1) is 0 Å². The Balaban J connectivity index is 5.02. The number of rotatable bonds is 5. The highest BCUT2D eigenvalue weighted by Gasteiger charge is 2.36. The molecule has 0 rings (SSSR count). The normalized spacial score (nSPS) is 12.8. The summed E-state index contributed by atoms with van der Waals surface area (Å²) in [4.78, 5) is 25.7. The highest BCUT2D eigenvalue weighted by Crippen LogP contribution is 2.21. The van der Waals surface area contributed by atoms with Gasteiger partial charge in [-0.05, 0) is 48.5 Å². The van der Waals surface area contributed by atoms with Crippen LogP contribution in [0.4, 0.5) is 4.79 Å². The minimum absolute atomic E-state index is 0.00408. The van der Waals surface area contributed by atoms with Gasteiger partial charge in [-0.1, -0.05) is 17.7 Å². The third-order valence-corrected chi connectivity index (χ3v) is 3.07. The van der Waals surface area contributed by atoms with E-state index in [1.807, 2.05) is 27.7 Å². The topological polar surface area (TPSA) is 46.6 Å². The standard InChI is InChI=1S/C14H24ClNO3/c1-8-11(15)12(17)14(6,7)19-13(18)16(9(2)3)10(4)5/h8-10H,1-7H3/b11-8+. The summed E-state index contributed by atoms with van der Waals surface area (Å²) in [5.74, 6) is -0.405. The van der Waals surface area contributed by atoms with E-state index in [1.165, 1.54) is 19.9 Å². The molecule has 0 saturated heterocycles. The molecule has 0 fully saturated rings. The highest BCUT2D eigenvalue weighted by molar-refractivity contribution is 6.43. The molecule has 0 aliphatic heterocycles. The molecular formula is C14H24ClNO3. The van der Waals surface area contributed by atoms with Crippen LogP contribution in [0.15, 0.2) is 11.1 Å². The first-order valence-electron chi connectivity index (χ1n) is 6.42. The third kappa shape index (κ3) is 4.86. The van der Waals surface area contributed by atoms with Gasteiger partial charge >= 0.3 is 6.09 Å². The molecule has 0 atom stereocenters. The molecule has 5 heteroatoms. The first-order valence-corrected chi connectivity index (χ1v) is 6.80. The van der Waals surface area contributed by atoms with E-state index in [-0.39, 0.29) is 17.1 Å². The van der Waals surface area contributed by atoms with Crippen LogP contribution >= 0.6 is 11.6 Å². The second-order valence-electron chi connectivity index (χ2n) is 5.44. The predicted molar refractivity (Wildman–Crippen MR) is 77.3 cm³/mol. The zero-order valence-corrected chi connectivity index (χ0v) is 13.5. The molecule has 110 valence electrons. The smallest absolute Gasteiger partial charge is 0.411 e. The average molecular weight is 290 g/mol. The van der Waals surface area contributed by atoms with Gasteiger partial charge in [0, 0.05) is 12.1 Å². The lowest BCUT2D eigenvalue weighted by atomic mass is 10.0. The second-order valence-corrected chi connectivity index (χ2v) is 5.85.